The highest BCUT2D eigenvalue weighted by Gasteiger charge is 2.21. The van der Waals surface area contributed by atoms with Crippen LogP contribution in [-0.4, -0.2) is 72.0 Å². The Hall–Kier alpha value is -2.45. The minimum atomic E-state index is 0.337. The van der Waals surface area contributed by atoms with E-state index in [9.17, 15) is 0 Å². The zero-order valence-corrected chi connectivity index (χ0v) is 16.8. The van der Waals surface area contributed by atoms with E-state index < -0.39 is 0 Å². The van der Waals surface area contributed by atoms with Gasteiger partial charge in [-0.1, -0.05) is 0 Å². The Morgan fingerprint density at radius 3 is 2.86 bits per heavy atom. The Labute approximate surface area is 166 Å². The van der Waals surface area contributed by atoms with Crippen LogP contribution in [-0.2, 0) is 16.0 Å². The molecule has 2 aromatic heterocycles. The van der Waals surface area contributed by atoms with Gasteiger partial charge in [0.15, 0.2) is 5.96 Å². The molecule has 1 aliphatic heterocycles. The molecule has 152 valence electrons. The first kappa shape index (κ1) is 20.3. The van der Waals surface area contributed by atoms with Crippen molar-refractivity contribution in [3.8, 4) is 5.82 Å². The molecule has 0 spiro atoms. The molecule has 0 unspecified atom stereocenters. The molecule has 1 fully saturated rings. The second-order valence-corrected chi connectivity index (χ2v) is 6.80. The van der Waals surface area contributed by atoms with Crippen molar-refractivity contribution in [1.82, 2.24) is 24.8 Å². The molecule has 28 heavy (non-hydrogen) atoms. The van der Waals surface area contributed by atoms with Crippen molar-refractivity contribution < 1.29 is 9.47 Å². The summed E-state index contributed by atoms with van der Waals surface area (Å²) in [6.45, 7) is 4.13. The van der Waals surface area contributed by atoms with Crippen LogP contribution < -0.4 is 5.32 Å². The van der Waals surface area contributed by atoms with Gasteiger partial charge in [0.05, 0.1) is 6.10 Å². The highest BCUT2D eigenvalue weighted by molar-refractivity contribution is 5.80. The van der Waals surface area contributed by atoms with Gasteiger partial charge < -0.3 is 19.7 Å². The third-order valence-corrected chi connectivity index (χ3v) is 4.83. The number of hydrogen-bond acceptors (Lipinski definition) is 5. The van der Waals surface area contributed by atoms with Gasteiger partial charge >= 0.3 is 0 Å². The predicted molar refractivity (Wildman–Crippen MR) is 109 cm³/mol. The quantitative estimate of drug-likeness (QED) is 0.424. The summed E-state index contributed by atoms with van der Waals surface area (Å²) in [6, 6.07) is 4.07. The topological polar surface area (TPSA) is 76.8 Å². The van der Waals surface area contributed by atoms with E-state index in [-0.39, 0.29) is 0 Å². The molecular formula is C20H30N6O2. The summed E-state index contributed by atoms with van der Waals surface area (Å²) in [7, 11) is 3.56. The fraction of sp³-hybridized carbons (Fsp3) is 0.550. The summed E-state index contributed by atoms with van der Waals surface area (Å²) in [5.74, 6) is 1.79. The lowest BCUT2D eigenvalue weighted by Crippen LogP contribution is -2.46. The third-order valence-electron chi connectivity index (χ3n) is 4.83. The SMILES string of the molecule is CN=C(NCc1ccnc(-n2ccnc2)c1)N1CCC(OCCCOC)CC1. The van der Waals surface area contributed by atoms with Crippen LogP contribution in [0.25, 0.3) is 5.82 Å². The Kier molecular flexibility index (Phi) is 7.81. The van der Waals surface area contributed by atoms with Crippen LogP contribution >= 0.6 is 0 Å². The number of guanidine groups is 1. The number of nitrogens with one attached hydrogen (secondary N) is 1. The number of pyridine rings is 1. The van der Waals surface area contributed by atoms with Crippen LogP contribution in [0.5, 0.6) is 0 Å². The van der Waals surface area contributed by atoms with Crippen molar-refractivity contribution in [2.45, 2.75) is 31.9 Å². The van der Waals surface area contributed by atoms with Gasteiger partial charge in [-0.05, 0) is 37.0 Å². The fourth-order valence-corrected chi connectivity index (χ4v) is 3.31. The van der Waals surface area contributed by atoms with E-state index in [1.807, 2.05) is 30.1 Å². The highest BCUT2D eigenvalue weighted by atomic mass is 16.5. The zero-order valence-electron chi connectivity index (χ0n) is 16.8. The van der Waals surface area contributed by atoms with Crippen LogP contribution in [0, 0.1) is 0 Å². The van der Waals surface area contributed by atoms with E-state index >= 15 is 0 Å². The summed E-state index contributed by atoms with van der Waals surface area (Å²) in [5.41, 5.74) is 1.15. The van der Waals surface area contributed by atoms with E-state index in [0.717, 1.165) is 62.9 Å². The molecule has 0 radical (unpaired) electrons. The molecule has 0 bridgehead atoms. The van der Waals surface area contributed by atoms with Gasteiger partial charge in [0.25, 0.3) is 0 Å². The Morgan fingerprint density at radius 1 is 1.29 bits per heavy atom. The average Bonchev–Trinajstić information content (AvgIpc) is 3.28. The van der Waals surface area contributed by atoms with Crippen LogP contribution in [0.2, 0.25) is 0 Å². The number of methoxy groups -OCH3 is 1. The van der Waals surface area contributed by atoms with Gasteiger partial charge in [-0.15, -0.1) is 0 Å². The maximum atomic E-state index is 5.94. The number of aliphatic imine (C=N–C) groups is 1. The third kappa shape index (κ3) is 5.77. The molecule has 0 aliphatic carbocycles. The molecule has 0 atom stereocenters. The zero-order chi connectivity index (χ0) is 19.6. The number of hydrogen-bond donors (Lipinski definition) is 1. The van der Waals surface area contributed by atoms with Gasteiger partial charge in [-0.2, -0.15) is 0 Å². The molecule has 8 nitrogen and oxygen atoms in total. The van der Waals surface area contributed by atoms with Gasteiger partial charge in [-0.25, -0.2) is 9.97 Å². The lowest BCUT2D eigenvalue weighted by atomic mass is 10.1. The number of piperidine rings is 1. The Bertz CT molecular complexity index is 726. The second-order valence-electron chi connectivity index (χ2n) is 6.80. The van der Waals surface area contributed by atoms with Crippen LogP contribution in [0.15, 0.2) is 42.0 Å². The summed E-state index contributed by atoms with van der Waals surface area (Å²) < 4.78 is 12.9. The highest BCUT2D eigenvalue weighted by Crippen LogP contribution is 2.14. The van der Waals surface area contributed by atoms with E-state index in [1.165, 1.54) is 0 Å². The monoisotopic (exact) mass is 386 g/mol. The minimum Gasteiger partial charge on any atom is -0.385 e. The fourth-order valence-electron chi connectivity index (χ4n) is 3.31. The van der Waals surface area contributed by atoms with Crippen molar-refractivity contribution in [2.75, 3.05) is 40.5 Å². The lowest BCUT2D eigenvalue weighted by Gasteiger charge is -2.34. The number of ether oxygens (including phenoxy) is 2. The van der Waals surface area contributed by atoms with Crippen molar-refractivity contribution in [3.63, 3.8) is 0 Å². The van der Waals surface area contributed by atoms with Gasteiger partial charge in [0.2, 0.25) is 0 Å². The van der Waals surface area contributed by atoms with E-state index in [1.54, 1.807) is 19.6 Å². The Balaban J connectivity index is 1.46. The predicted octanol–water partition coefficient (Wildman–Crippen LogP) is 1.86. The van der Waals surface area contributed by atoms with Crippen molar-refractivity contribution >= 4 is 5.96 Å². The maximum absolute atomic E-state index is 5.94. The van der Waals surface area contributed by atoms with Crippen molar-refractivity contribution in [1.29, 1.82) is 0 Å². The molecule has 1 N–H and O–H groups in total. The van der Waals surface area contributed by atoms with Crippen LogP contribution in [0.4, 0.5) is 0 Å². The number of aromatic nitrogens is 3. The van der Waals surface area contributed by atoms with Gasteiger partial charge in [-0.3, -0.25) is 9.56 Å². The van der Waals surface area contributed by atoms with E-state index in [4.69, 9.17) is 9.47 Å². The smallest absolute Gasteiger partial charge is 0.193 e. The summed E-state index contributed by atoms with van der Waals surface area (Å²) in [5, 5.41) is 3.47. The van der Waals surface area contributed by atoms with Gasteiger partial charge in [0.1, 0.15) is 12.1 Å². The molecule has 3 rings (SSSR count). The first-order valence-electron chi connectivity index (χ1n) is 9.79. The summed E-state index contributed by atoms with van der Waals surface area (Å²) in [4.78, 5) is 15.2. The molecule has 0 aromatic carbocycles. The van der Waals surface area contributed by atoms with E-state index in [0.29, 0.717) is 12.6 Å². The largest absolute Gasteiger partial charge is 0.385 e. The molecule has 1 saturated heterocycles. The molecular weight excluding hydrogens is 356 g/mol. The number of nitrogens with zero attached hydrogens (tertiary/aromatic N) is 5. The molecule has 1 aliphatic rings. The van der Waals surface area contributed by atoms with Crippen LogP contribution in [0.1, 0.15) is 24.8 Å². The number of rotatable bonds is 8. The molecule has 8 heteroatoms. The average molecular weight is 387 g/mol. The number of imidazole rings is 1. The second kappa shape index (κ2) is 10.8. The van der Waals surface area contributed by atoms with Crippen molar-refractivity contribution in [3.05, 3.63) is 42.6 Å². The molecule has 3 heterocycles. The summed E-state index contributed by atoms with van der Waals surface area (Å²) in [6.07, 6.45) is 10.5. The Morgan fingerprint density at radius 2 is 2.14 bits per heavy atom. The summed E-state index contributed by atoms with van der Waals surface area (Å²) >= 11 is 0. The van der Waals surface area contributed by atoms with Crippen LogP contribution in [0.3, 0.4) is 0 Å². The van der Waals surface area contributed by atoms with Gasteiger partial charge in [0, 0.05) is 65.6 Å². The lowest BCUT2D eigenvalue weighted by molar-refractivity contribution is 0.00989. The first-order valence-corrected chi connectivity index (χ1v) is 9.79. The van der Waals surface area contributed by atoms with E-state index in [2.05, 4.69) is 31.2 Å². The number of likely N-dealkylation sites (tertiary alicyclic amines) is 1. The minimum absolute atomic E-state index is 0.337. The van der Waals surface area contributed by atoms with Crippen molar-refractivity contribution in [2.24, 2.45) is 4.99 Å². The standard InChI is InChI=1S/C20H30N6O2/c1-21-20(25-9-5-18(6-10-25)28-13-3-12-27-2)24-15-17-4-7-23-19(14-17)26-11-8-22-16-26/h4,7-8,11,14,16,18H,3,5-6,9-10,12-13,15H2,1-2H3,(H,21,24). The first-order chi connectivity index (χ1) is 13.8. The molecule has 0 saturated carbocycles. The molecule has 0 amide bonds. The maximum Gasteiger partial charge on any atom is 0.193 e. The molecule has 2 aromatic rings. The normalized spacial score (nSPS) is 15.8.